The van der Waals surface area contributed by atoms with Crippen molar-refractivity contribution < 1.29 is 0 Å². The first kappa shape index (κ1) is 8.95. The van der Waals surface area contributed by atoms with Crippen molar-refractivity contribution in [3.63, 3.8) is 0 Å². The third-order valence-corrected chi connectivity index (χ3v) is 1.43. The second-order valence-corrected chi connectivity index (χ2v) is 2.21. The van der Waals surface area contributed by atoms with Crippen LogP contribution in [-0.2, 0) is 0 Å². The van der Waals surface area contributed by atoms with Gasteiger partial charge in [-0.25, -0.2) is 0 Å². The molecule has 0 spiro atoms. The van der Waals surface area contributed by atoms with Gasteiger partial charge in [0.2, 0.25) is 0 Å². The molecule has 56 valence electrons. The Morgan fingerprint density at radius 2 is 1.90 bits per heavy atom. The predicted octanol–water partition coefficient (Wildman–Crippen LogP) is 1.83. The van der Waals surface area contributed by atoms with Crippen LogP contribution in [0.25, 0.3) is 0 Å². The van der Waals surface area contributed by atoms with Crippen LogP contribution >= 0.6 is 0 Å². The monoisotopic (exact) mass is 138 g/mol. The van der Waals surface area contributed by atoms with E-state index in [1.54, 1.807) is 6.92 Å². The van der Waals surface area contributed by atoms with E-state index < -0.39 is 0 Å². The molecule has 10 heavy (non-hydrogen) atoms. The Bertz CT molecular complexity index is 183. The van der Waals surface area contributed by atoms with E-state index in [-0.39, 0.29) is 0 Å². The second-order valence-electron chi connectivity index (χ2n) is 2.21. The molecule has 0 aromatic carbocycles. The zero-order valence-electron chi connectivity index (χ0n) is 6.73. The smallest absolute Gasteiger partial charge is 0.0270 e. The van der Waals surface area contributed by atoms with Crippen LogP contribution in [0.3, 0.4) is 0 Å². The van der Waals surface area contributed by atoms with Gasteiger partial charge in [0.25, 0.3) is 0 Å². The molecule has 0 amide bonds. The Kier molecular flexibility index (Phi) is 3.47. The SMILES string of the molecule is C/C=C(C)/C(C=N)=C(\C)N. The van der Waals surface area contributed by atoms with Gasteiger partial charge >= 0.3 is 0 Å². The predicted molar refractivity (Wildman–Crippen MR) is 45.1 cm³/mol. The minimum absolute atomic E-state index is 0.700. The van der Waals surface area contributed by atoms with E-state index >= 15 is 0 Å². The molecule has 2 heteroatoms. The summed E-state index contributed by atoms with van der Waals surface area (Å²) in [5, 5.41) is 7.02. The summed E-state index contributed by atoms with van der Waals surface area (Å²) in [4.78, 5) is 0. The minimum Gasteiger partial charge on any atom is -0.402 e. The molecule has 0 fully saturated rings. The van der Waals surface area contributed by atoms with Crippen LogP contribution in [0.1, 0.15) is 20.8 Å². The van der Waals surface area contributed by atoms with Gasteiger partial charge in [0, 0.05) is 17.5 Å². The van der Waals surface area contributed by atoms with Crippen molar-refractivity contribution >= 4 is 6.21 Å². The zero-order chi connectivity index (χ0) is 8.15. The number of allylic oxidation sites excluding steroid dienone is 4. The van der Waals surface area contributed by atoms with Crippen molar-refractivity contribution in [2.24, 2.45) is 5.73 Å². The van der Waals surface area contributed by atoms with Gasteiger partial charge in [-0.05, 0) is 26.3 Å². The summed E-state index contributed by atoms with van der Waals surface area (Å²) in [7, 11) is 0. The van der Waals surface area contributed by atoms with Crippen LogP contribution in [-0.4, -0.2) is 6.21 Å². The standard InChI is InChI=1S/C8H14N2/c1-4-6(2)8(5-9)7(3)10/h4-5,9H,10H2,1-3H3/b6-4+,8-7+,9-5?. The van der Waals surface area contributed by atoms with Crippen LogP contribution in [0.5, 0.6) is 0 Å². The van der Waals surface area contributed by atoms with Crippen LogP contribution in [0.4, 0.5) is 0 Å². The summed E-state index contributed by atoms with van der Waals surface area (Å²) in [6.45, 7) is 5.67. The van der Waals surface area contributed by atoms with E-state index in [4.69, 9.17) is 11.1 Å². The molecule has 0 heterocycles. The molecule has 2 nitrogen and oxygen atoms in total. The average molecular weight is 138 g/mol. The Morgan fingerprint density at radius 3 is 2.00 bits per heavy atom. The summed E-state index contributed by atoms with van der Waals surface area (Å²) in [6, 6.07) is 0. The lowest BCUT2D eigenvalue weighted by Gasteiger charge is -2.01. The van der Waals surface area contributed by atoms with Crippen LogP contribution in [0, 0.1) is 5.41 Å². The Morgan fingerprint density at radius 1 is 1.40 bits per heavy atom. The Hall–Kier alpha value is -1.05. The van der Waals surface area contributed by atoms with Crippen LogP contribution < -0.4 is 5.73 Å². The van der Waals surface area contributed by atoms with E-state index in [0.717, 1.165) is 11.1 Å². The molecule has 0 unspecified atom stereocenters. The van der Waals surface area contributed by atoms with E-state index in [1.807, 2.05) is 19.9 Å². The molecule has 0 aliphatic carbocycles. The molecule has 3 N–H and O–H groups in total. The van der Waals surface area contributed by atoms with E-state index in [1.165, 1.54) is 6.21 Å². The largest absolute Gasteiger partial charge is 0.402 e. The van der Waals surface area contributed by atoms with E-state index in [9.17, 15) is 0 Å². The first-order valence-corrected chi connectivity index (χ1v) is 3.23. The molecule has 0 rings (SSSR count). The highest BCUT2D eigenvalue weighted by atomic mass is 14.6. The lowest BCUT2D eigenvalue weighted by molar-refractivity contribution is 1.25. The van der Waals surface area contributed by atoms with Crippen molar-refractivity contribution in [2.75, 3.05) is 0 Å². The fourth-order valence-electron chi connectivity index (χ4n) is 0.694. The van der Waals surface area contributed by atoms with Crippen LogP contribution in [0.2, 0.25) is 0 Å². The molecule has 0 atom stereocenters. The summed E-state index contributed by atoms with van der Waals surface area (Å²) < 4.78 is 0. The van der Waals surface area contributed by atoms with Crippen molar-refractivity contribution in [3.05, 3.63) is 22.9 Å². The normalized spacial score (nSPS) is 14.5. The molecule has 0 saturated heterocycles. The minimum atomic E-state index is 0.700. The highest BCUT2D eigenvalue weighted by molar-refractivity contribution is 5.82. The maximum Gasteiger partial charge on any atom is 0.0270 e. The molecule has 0 radical (unpaired) electrons. The first-order valence-electron chi connectivity index (χ1n) is 3.23. The highest BCUT2D eigenvalue weighted by Gasteiger charge is 1.96. The summed E-state index contributed by atoms with van der Waals surface area (Å²) in [5.74, 6) is 0. The third kappa shape index (κ3) is 2.05. The van der Waals surface area contributed by atoms with Crippen molar-refractivity contribution in [3.8, 4) is 0 Å². The van der Waals surface area contributed by atoms with Gasteiger partial charge in [-0.3, -0.25) is 0 Å². The maximum absolute atomic E-state index is 7.02. The number of hydrogen-bond acceptors (Lipinski definition) is 2. The molecule has 0 saturated carbocycles. The van der Waals surface area contributed by atoms with Crippen LogP contribution in [0.15, 0.2) is 22.9 Å². The van der Waals surface area contributed by atoms with Gasteiger partial charge in [-0.2, -0.15) is 0 Å². The molecule has 0 aromatic rings. The number of rotatable bonds is 2. The molecule has 0 aliphatic rings. The van der Waals surface area contributed by atoms with Crippen molar-refractivity contribution in [1.82, 2.24) is 0 Å². The Balaban J connectivity index is 4.71. The molecular weight excluding hydrogens is 124 g/mol. The fourth-order valence-corrected chi connectivity index (χ4v) is 0.694. The lowest BCUT2D eigenvalue weighted by Crippen LogP contribution is -2.00. The fraction of sp³-hybridized carbons (Fsp3) is 0.375. The second kappa shape index (κ2) is 3.88. The summed E-state index contributed by atoms with van der Waals surface area (Å²) in [5.41, 5.74) is 8.08. The summed E-state index contributed by atoms with van der Waals surface area (Å²) in [6.07, 6.45) is 3.22. The van der Waals surface area contributed by atoms with Gasteiger partial charge in [0.15, 0.2) is 0 Å². The Labute approximate surface area is 61.9 Å². The van der Waals surface area contributed by atoms with Gasteiger partial charge in [-0.15, -0.1) is 0 Å². The maximum atomic E-state index is 7.02. The number of hydrogen-bond donors (Lipinski definition) is 2. The quantitative estimate of drug-likeness (QED) is 0.444. The third-order valence-electron chi connectivity index (χ3n) is 1.43. The van der Waals surface area contributed by atoms with Crippen molar-refractivity contribution in [2.45, 2.75) is 20.8 Å². The zero-order valence-corrected chi connectivity index (χ0v) is 6.73. The van der Waals surface area contributed by atoms with Gasteiger partial charge in [0.1, 0.15) is 0 Å². The molecular formula is C8H14N2. The topological polar surface area (TPSA) is 49.9 Å². The highest BCUT2D eigenvalue weighted by Crippen LogP contribution is 2.07. The number of nitrogens with two attached hydrogens (primary N) is 1. The number of nitrogens with one attached hydrogen (secondary N) is 1. The molecule has 0 aromatic heterocycles. The lowest BCUT2D eigenvalue weighted by atomic mass is 10.1. The average Bonchev–Trinajstić information content (AvgIpc) is 1.88. The van der Waals surface area contributed by atoms with Gasteiger partial charge < -0.3 is 11.1 Å². The van der Waals surface area contributed by atoms with Gasteiger partial charge in [0.05, 0.1) is 0 Å². The van der Waals surface area contributed by atoms with Gasteiger partial charge in [-0.1, -0.05) is 6.08 Å². The summed E-state index contributed by atoms with van der Waals surface area (Å²) >= 11 is 0. The van der Waals surface area contributed by atoms with E-state index in [0.29, 0.717) is 5.70 Å². The van der Waals surface area contributed by atoms with Crippen molar-refractivity contribution in [1.29, 1.82) is 5.41 Å². The molecule has 0 aliphatic heterocycles. The van der Waals surface area contributed by atoms with E-state index in [2.05, 4.69) is 0 Å². The first-order chi connectivity index (χ1) is 4.63. The molecule has 0 bridgehead atoms.